The Morgan fingerprint density at radius 1 is 1.26 bits per heavy atom. The highest BCUT2D eigenvalue weighted by molar-refractivity contribution is 6.35. The van der Waals surface area contributed by atoms with Crippen molar-refractivity contribution in [1.82, 2.24) is 15.5 Å². The SMILES string of the molecule is CC(C)CCOCCNC(=O)C(=O)N1CCNCC1. The highest BCUT2D eigenvalue weighted by Crippen LogP contribution is 1.98. The van der Waals surface area contributed by atoms with Crippen LogP contribution in [-0.4, -0.2) is 62.7 Å². The van der Waals surface area contributed by atoms with Crippen molar-refractivity contribution in [1.29, 1.82) is 0 Å². The van der Waals surface area contributed by atoms with Gasteiger partial charge in [0.2, 0.25) is 0 Å². The molecule has 6 nitrogen and oxygen atoms in total. The molecule has 1 aliphatic heterocycles. The number of nitrogens with one attached hydrogen (secondary N) is 2. The van der Waals surface area contributed by atoms with Crippen molar-refractivity contribution in [2.45, 2.75) is 20.3 Å². The molecule has 0 aromatic rings. The smallest absolute Gasteiger partial charge is 0.311 e. The lowest BCUT2D eigenvalue weighted by atomic mass is 10.1. The molecule has 1 fully saturated rings. The van der Waals surface area contributed by atoms with Gasteiger partial charge < -0.3 is 20.3 Å². The van der Waals surface area contributed by atoms with Gasteiger partial charge >= 0.3 is 11.8 Å². The van der Waals surface area contributed by atoms with E-state index in [2.05, 4.69) is 24.5 Å². The first-order valence-corrected chi connectivity index (χ1v) is 6.97. The maximum Gasteiger partial charge on any atom is 0.311 e. The molecule has 0 spiro atoms. The second kappa shape index (κ2) is 8.87. The van der Waals surface area contributed by atoms with E-state index in [0.717, 1.165) is 19.5 Å². The van der Waals surface area contributed by atoms with Crippen molar-refractivity contribution < 1.29 is 14.3 Å². The highest BCUT2D eigenvalue weighted by atomic mass is 16.5. The summed E-state index contributed by atoms with van der Waals surface area (Å²) in [6, 6.07) is 0. The summed E-state index contributed by atoms with van der Waals surface area (Å²) in [7, 11) is 0. The summed E-state index contributed by atoms with van der Waals surface area (Å²) in [6.45, 7) is 8.48. The van der Waals surface area contributed by atoms with E-state index < -0.39 is 11.8 Å². The predicted molar refractivity (Wildman–Crippen MR) is 72.7 cm³/mol. The normalized spacial score (nSPS) is 15.6. The monoisotopic (exact) mass is 271 g/mol. The number of ether oxygens (including phenoxy) is 1. The Hall–Kier alpha value is -1.14. The number of amides is 2. The second-order valence-electron chi connectivity index (χ2n) is 5.09. The van der Waals surface area contributed by atoms with Gasteiger partial charge in [0.25, 0.3) is 0 Å². The zero-order valence-corrected chi connectivity index (χ0v) is 11.9. The van der Waals surface area contributed by atoms with Gasteiger partial charge in [0.1, 0.15) is 0 Å². The van der Waals surface area contributed by atoms with Crippen molar-refractivity contribution in [2.24, 2.45) is 5.92 Å². The molecule has 0 aliphatic carbocycles. The Labute approximate surface area is 114 Å². The van der Waals surface area contributed by atoms with Gasteiger partial charge in [-0.05, 0) is 12.3 Å². The van der Waals surface area contributed by atoms with Crippen molar-refractivity contribution in [3.05, 3.63) is 0 Å². The van der Waals surface area contributed by atoms with E-state index >= 15 is 0 Å². The van der Waals surface area contributed by atoms with E-state index in [0.29, 0.717) is 38.8 Å². The minimum Gasteiger partial charge on any atom is -0.380 e. The van der Waals surface area contributed by atoms with Gasteiger partial charge in [0.05, 0.1) is 6.61 Å². The van der Waals surface area contributed by atoms with Crippen molar-refractivity contribution >= 4 is 11.8 Å². The third-order valence-electron chi connectivity index (χ3n) is 2.97. The average molecular weight is 271 g/mol. The maximum absolute atomic E-state index is 11.8. The lowest BCUT2D eigenvalue weighted by molar-refractivity contribution is -0.146. The zero-order chi connectivity index (χ0) is 14.1. The van der Waals surface area contributed by atoms with Crippen LogP contribution >= 0.6 is 0 Å². The largest absolute Gasteiger partial charge is 0.380 e. The molecule has 0 unspecified atom stereocenters. The van der Waals surface area contributed by atoms with E-state index in [1.54, 1.807) is 4.90 Å². The summed E-state index contributed by atoms with van der Waals surface area (Å²) >= 11 is 0. The van der Waals surface area contributed by atoms with Crippen LogP contribution in [0.5, 0.6) is 0 Å². The van der Waals surface area contributed by atoms with Crippen LogP contribution in [0.3, 0.4) is 0 Å². The number of hydrogen-bond acceptors (Lipinski definition) is 4. The van der Waals surface area contributed by atoms with Gasteiger partial charge in [-0.25, -0.2) is 0 Å². The number of piperazine rings is 1. The maximum atomic E-state index is 11.8. The Balaban J connectivity index is 2.08. The predicted octanol–water partition coefficient (Wildman–Crippen LogP) is -0.403. The molecule has 1 saturated heterocycles. The molecule has 6 heteroatoms. The van der Waals surface area contributed by atoms with E-state index in [9.17, 15) is 9.59 Å². The quantitative estimate of drug-likeness (QED) is 0.509. The van der Waals surface area contributed by atoms with Gasteiger partial charge in [0, 0.05) is 39.3 Å². The Kier molecular flexibility index (Phi) is 7.43. The zero-order valence-electron chi connectivity index (χ0n) is 11.9. The first-order valence-electron chi connectivity index (χ1n) is 6.97. The van der Waals surface area contributed by atoms with Gasteiger partial charge in [-0.1, -0.05) is 13.8 Å². The number of nitrogens with zero attached hydrogens (tertiary/aromatic N) is 1. The molecular weight excluding hydrogens is 246 g/mol. The molecule has 0 bridgehead atoms. The lowest BCUT2D eigenvalue weighted by Crippen LogP contribution is -2.51. The Morgan fingerprint density at radius 3 is 2.58 bits per heavy atom. The van der Waals surface area contributed by atoms with Crippen LogP contribution in [0.4, 0.5) is 0 Å². The van der Waals surface area contributed by atoms with Crippen LogP contribution < -0.4 is 10.6 Å². The molecule has 0 atom stereocenters. The minimum atomic E-state index is -0.533. The summed E-state index contributed by atoms with van der Waals surface area (Å²) in [5.41, 5.74) is 0. The first kappa shape index (κ1) is 15.9. The topological polar surface area (TPSA) is 70.7 Å². The minimum absolute atomic E-state index is 0.384. The van der Waals surface area contributed by atoms with Gasteiger partial charge in [0.15, 0.2) is 0 Å². The number of rotatable bonds is 6. The van der Waals surface area contributed by atoms with E-state index in [1.807, 2.05) is 0 Å². The molecule has 110 valence electrons. The van der Waals surface area contributed by atoms with E-state index in [4.69, 9.17) is 4.74 Å². The second-order valence-corrected chi connectivity index (χ2v) is 5.09. The fourth-order valence-electron chi connectivity index (χ4n) is 1.74. The molecule has 0 aromatic heterocycles. The Morgan fingerprint density at radius 2 is 1.95 bits per heavy atom. The summed E-state index contributed by atoms with van der Waals surface area (Å²) in [5.74, 6) is -0.359. The standard InChI is InChI=1S/C13H25N3O3/c1-11(2)3-9-19-10-6-15-12(17)13(18)16-7-4-14-5-8-16/h11,14H,3-10H2,1-2H3,(H,15,17). The van der Waals surface area contributed by atoms with Gasteiger partial charge in [-0.2, -0.15) is 0 Å². The van der Waals surface area contributed by atoms with Crippen LogP contribution in [0.25, 0.3) is 0 Å². The first-order chi connectivity index (χ1) is 9.11. The van der Waals surface area contributed by atoms with E-state index in [1.165, 1.54) is 0 Å². The lowest BCUT2D eigenvalue weighted by Gasteiger charge is -2.26. The van der Waals surface area contributed by atoms with Crippen LogP contribution in [0.2, 0.25) is 0 Å². The fraction of sp³-hybridized carbons (Fsp3) is 0.846. The van der Waals surface area contributed by atoms with Gasteiger partial charge in [-0.15, -0.1) is 0 Å². The molecule has 2 amide bonds. The van der Waals surface area contributed by atoms with Crippen LogP contribution in [0.1, 0.15) is 20.3 Å². The molecule has 1 rings (SSSR count). The fourth-order valence-corrected chi connectivity index (χ4v) is 1.74. The number of carbonyl (C=O) groups is 2. The molecular formula is C13H25N3O3. The van der Waals surface area contributed by atoms with Crippen LogP contribution in [-0.2, 0) is 14.3 Å². The van der Waals surface area contributed by atoms with E-state index in [-0.39, 0.29) is 0 Å². The van der Waals surface area contributed by atoms with Crippen LogP contribution in [0, 0.1) is 5.92 Å². The van der Waals surface area contributed by atoms with Crippen molar-refractivity contribution in [3.8, 4) is 0 Å². The average Bonchev–Trinajstić information content (AvgIpc) is 2.42. The summed E-state index contributed by atoms with van der Waals surface area (Å²) in [5, 5.41) is 5.73. The van der Waals surface area contributed by atoms with Crippen LogP contribution in [0.15, 0.2) is 0 Å². The summed E-state index contributed by atoms with van der Waals surface area (Å²) < 4.78 is 5.37. The molecule has 0 aromatic carbocycles. The third kappa shape index (κ3) is 6.54. The molecule has 0 radical (unpaired) electrons. The molecule has 19 heavy (non-hydrogen) atoms. The van der Waals surface area contributed by atoms with Crippen molar-refractivity contribution in [3.63, 3.8) is 0 Å². The molecule has 1 heterocycles. The molecule has 0 saturated carbocycles. The summed E-state index contributed by atoms with van der Waals surface area (Å²) in [6.07, 6.45) is 1.01. The summed E-state index contributed by atoms with van der Waals surface area (Å²) in [4.78, 5) is 24.9. The molecule has 2 N–H and O–H groups in total. The Bertz CT molecular complexity index is 289. The molecule has 1 aliphatic rings. The van der Waals surface area contributed by atoms with Crippen molar-refractivity contribution in [2.75, 3.05) is 45.9 Å². The van der Waals surface area contributed by atoms with Gasteiger partial charge in [-0.3, -0.25) is 9.59 Å². The number of hydrogen-bond donors (Lipinski definition) is 2. The highest BCUT2D eigenvalue weighted by Gasteiger charge is 2.22. The third-order valence-corrected chi connectivity index (χ3v) is 2.97. The number of carbonyl (C=O) groups excluding carboxylic acids is 2.